The first-order chi connectivity index (χ1) is 6.38. The molecule has 1 aliphatic rings. The Morgan fingerprint density at radius 1 is 1.46 bits per heavy atom. The van der Waals surface area contributed by atoms with Crippen LogP contribution >= 0.6 is 0 Å². The smallest absolute Gasteiger partial charge is 0.245 e. The normalized spacial score (nSPS) is 23.7. The molecule has 1 aliphatic heterocycles. The van der Waals surface area contributed by atoms with E-state index in [9.17, 15) is 4.79 Å². The van der Waals surface area contributed by atoms with Gasteiger partial charge in [-0.05, 0) is 25.1 Å². The summed E-state index contributed by atoms with van der Waals surface area (Å²) >= 11 is 0. The first-order valence-electron chi connectivity index (χ1n) is 4.42. The second-order valence-electron chi connectivity index (χ2n) is 3.05. The van der Waals surface area contributed by atoms with Gasteiger partial charge in [0.1, 0.15) is 11.8 Å². The van der Waals surface area contributed by atoms with Gasteiger partial charge in [-0.2, -0.15) is 0 Å². The molecule has 4 heteroatoms. The Morgan fingerprint density at radius 3 is 3.15 bits per heavy atom. The number of rotatable bonds is 1. The first-order valence-corrected chi connectivity index (χ1v) is 4.42. The Bertz CT molecular complexity index is 282. The van der Waals surface area contributed by atoms with Crippen LogP contribution in [0.1, 0.15) is 18.2 Å². The van der Waals surface area contributed by atoms with Crippen LogP contribution in [0.3, 0.4) is 0 Å². The standard InChI is InChI=1S/C9H12N2O2/c12-9-8(7-3-1-6-13-7)10-4-2-5-11-9/h1,3,6,8,10H,2,4-5H2,(H,11,12). The Hall–Kier alpha value is -1.29. The largest absolute Gasteiger partial charge is 0.467 e. The topological polar surface area (TPSA) is 54.3 Å². The first kappa shape index (κ1) is 8.31. The van der Waals surface area contributed by atoms with Crippen molar-refractivity contribution in [3.8, 4) is 0 Å². The van der Waals surface area contributed by atoms with Crippen LogP contribution in [0.25, 0.3) is 0 Å². The lowest BCUT2D eigenvalue weighted by atomic mass is 10.2. The molecule has 0 aromatic carbocycles. The molecule has 2 N–H and O–H groups in total. The van der Waals surface area contributed by atoms with Crippen LogP contribution < -0.4 is 10.6 Å². The van der Waals surface area contributed by atoms with Crippen LogP contribution in [0.15, 0.2) is 22.8 Å². The molecule has 0 saturated carbocycles. The van der Waals surface area contributed by atoms with Gasteiger partial charge in [-0.25, -0.2) is 0 Å². The minimum atomic E-state index is -0.322. The highest BCUT2D eigenvalue weighted by molar-refractivity contribution is 5.82. The molecule has 1 atom stereocenters. The average molecular weight is 180 g/mol. The molecule has 1 aromatic rings. The van der Waals surface area contributed by atoms with E-state index in [1.807, 2.05) is 6.07 Å². The molecule has 1 aromatic heterocycles. The Kier molecular flexibility index (Phi) is 2.31. The van der Waals surface area contributed by atoms with Gasteiger partial charge in [0.2, 0.25) is 5.91 Å². The summed E-state index contributed by atoms with van der Waals surface area (Å²) in [4.78, 5) is 11.5. The summed E-state index contributed by atoms with van der Waals surface area (Å²) < 4.78 is 5.18. The molecule has 70 valence electrons. The molecule has 2 heterocycles. The summed E-state index contributed by atoms with van der Waals surface area (Å²) in [5.74, 6) is 0.673. The fraction of sp³-hybridized carbons (Fsp3) is 0.444. The SMILES string of the molecule is O=C1NCCCNC1c1ccco1. The third-order valence-electron chi connectivity index (χ3n) is 2.09. The summed E-state index contributed by atoms with van der Waals surface area (Å²) in [5, 5.41) is 5.95. The van der Waals surface area contributed by atoms with Crippen molar-refractivity contribution in [2.75, 3.05) is 13.1 Å². The molecule has 1 fully saturated rings. The summed E-state index contributed by atoms with van der Waals surface area (Å²) in [6.07, 6.45) is 2.54. The predicted octanol–water partition coefficient (Wildman–Crippen LogP) is 0.430. The van der Waals surface area contributed by atoms with Gasteiger partial charge in [0.25, 0.3) is 0 Å². The van der Waals surface area contributed by atoms with Gasteiger partial charge < -0.3 is 9.73 Å². The summed E-state index contributed by atoms with van der Waals surface area (Å²) in [6.45, 7) is 1.58. The molecule has 1 amide bonds. The molecule has 0 bridgehead atoms. The second-order valence-corrected chi connectivity index (χ2v) is 3.05. The number of nitrogens with one attached hydrogen (secondary N) is 2. The van der Waals surface area contributed by atoms with E-state index in [-0.39, 0.29) is 11.9 Å². The van der Waals surface area contributed by atoms with E-state index in [1.165, 1.54) is 0 Å². The summed E-state index contributed by atoms with van der Waals surface area (Å²) in [5.41, 5.74) is 0. The highest BCUT2D eigenvalue weighted by atomic mass is 16.3. The van der Waals surface area contributed by atoms with E-state index in [0.717, 1.165) is 19.5 Å². The monoisotopic (exact) mass is 180 g/mol. The van der Waals surface area contributed by atoms with Gasteiger partial charge >= 0.3 is 0 Å². The zero-order valence-corrected chi connectivity index (χ0v) is 7.25. The highest BCUT2D eigenvalue weighted by Crippen LogP contribution is 2.14. The maximum absolute atomic E-state index is 11.5. The molecule has 0 radical (unpaired) electrons. The van der Waals surface area contributed by atoms with Crippen LogP contribution in [0.2, 0.25) is 0 Å². The summed E-state index contributed by atoms with van der Waals surface area (Å²) in [6, 6.07) is 3.27. The molecule has 0 spiro atoms. The van der Waals surface area contributed by atoms with Crippen molar-refractivity contribution in [2.45, 2.75) is 12.5 Å². The number of amides is 1. The molecule has 0 aliphatic carbocycles. The van der Waals surface area contributed by atoms with E-state index in [0.29, 0.717) is 5.76 Å². The second kappa shape index (κ2) is 3.62. The lowest BCUT2D eigenvalue weighted by molar-refractivity contribution is -0.123. The van der Waals surface area contributed by atoms with Gasteiger partial charge in [-0.15, -0.1) is 0 Å². The molecule has 1 saturated heterocycles. The fourth-order valence-corrected chi connectivity index (χ4v) is 1.43. The zero-order chi connectivity index (χ0) is 9.10. The summed E-state index contributed by atoms with van der Waals surface area (Å²) in [7, 11) is 0. The predicted molar refractivity (Wildman–Crippen MR) is 47.1 cm³/mol. The van der Waals surface area contributed by atoms with Gasteiger partial charge in [0.05, 0.1) is 6.26 Å². The number of carbonyl (C=O) groups is 1. The number of hydrogen-bond donors (Lipinski definition) is 2. The van der Waals surface area contributed by atoms with Crippen LogP contribution in [0.4, 0.5) is 0 Å². The molecule has 4 nitrogen and oxygen atoms in total. The number of carbonyl (C=O) groups excluding carboxylic acids is 1. The van der Waals surface area contributed by atoms with Crippen LogP contribution in [0.5, 0.6) is 0 Å². The van der Waals surface area contributed by atoms with Crippen molar-refractivity contribution >= 4 is 5.91 Å². The van der Waals surface area contributed by atoms with E-state index in [4.69, 9.17) is 4.42 Å². The van der Waals surface area contributed by atoms with Crippen molar-refractivity contribution in [2.24, 2.45) is 0 Å². The molecular formula is C9H12N2O2. The Morgan fingerprint density at radius 2 is 2.38 bits per heavy atom. The van der Waals surface area contributed by atoms with Gasteiger partial charge in [-0.1, -0.05) is 0 Å². The van der Waals surface area contributed by atoms with Gasteiger partial charge in [-0.3, -0.25) is 10.1 Å². The maximum Gasteiger partial charge on any atom is 0.245 e. The van der Waals surface area contributed by atoms with E-state index in [2.05, 4.69) is 10.6 Å². The molecular weight excluding hydrogens is 168 g/mol. The van der Waals surface area contributed by atoms with E-state index in [1.54, 1.807) is 12.3 Å². The van der Waals surface area contributed by atoms with Crippen LogP contribution in [0, 0.1) is 0 Å². The van der Waals surface area contributed by atoms with E-state index >= 15 is 0 Å². The molecule has 2 rings (SSSR count). The van der Waals surface area contributed by atoms with Gasteiger partial charge in [0.15, 0.2) is 0 Å². The molecule has 13 heavy (non-hydrogen) atoms. The van der Waals surface area contributed by atoms with Crippen molar-refractivity contribution in [3.05, 3.63) is 24.2 Å². The van der Waals surface area contributed by atoms with Gasteiger partial charge in [0, 0.05) is 6.54 Å². The van der Waals surface area contributed by atoms with Crippen LogP contribution in [-0.4, -0.2) is 19.0 Å². The third kappa shape index (κ3) is 1.72. The fourth-order valence-electron chi connectivity index (χ4n) is 1.43. The van der Waals surface area contributed by atoms with Crippen molar-refractivity contribution in [1.82, 2.24) is 10.6 Å². The molecule has 1 unspecified atom stereocenters. The van der Waals surface area contributed by atoms with Crippen LogP contribution in [-0.2, 0) is 4.79 Å². The zero-order valence-electron chi connectivity index (χ0n) is 7.25. The van der Waals surface area contributed by atoms with Crippen molar-refractivity contribution < 1.29 is 9.21 Å². The minimum absolute atomic E-state index is 0.00699. The quantitative estimate of drug-likeness (QED) is 0.659. The highest BCUT2D eigenvalue weighted by Gasteiger charge is 2.23. The number of hydrogen-bond acceptors (Lipinski definition) is 3. The number of furan rings is 1. The van der Waals surface area contributed by atoms with Crippen molar-refractivity contribution in [3.63, 3.8) is 0 Å². The van der Waals surface area contributed by atoms with Crippen molar-refractivity contribution in [1.29, 1.82) is 0 Å². The lowest BCUT2D eigenvalue weighted by Crippen LogP contribution is -2.33. The average Bonchev–Trinajstić information content (AvgIpc) is 2.56. The van der Waals surface area contributed by atoms with E-state index < -0.39 is 0 Å². The lowest BCUT2D eigenvalue weighted by Gasteiger charge is -2.10. The minimum Gasteiger partial charge on any atom is -0.467 e. The maximum atomic E-state index is 11.5. The third-order valence-corrected chi connectivity index (χ3v) is 2.09. The Balaban J connectivity index is 2.16. The Labute approximate surface area is 76.3 Å².